The van der Waals surface area contributed by atoms with E-state index < -0.39 is 0 Å². The number of nitrogens with one attached hydrogen (secondary N) is 1. The molecule has 144 valence electrons. The first-order valence-electron chi connectivity index (χ1n) is 9.28. The molecule has 5 rings (SSSR count). The van der Waals surface area contributed by atoms with E-state index in [2.05, 4.69) is 31.2 Å². The fourth-order valence-electron chi connectivity index (χ4n) is 4.48. The summed E-state index contributed by atoms with van der Waals surface area (Å²) in [7, 11) is 0. The first kappa shape index (κ1) is 18.8. The van der Waals surface area contributed by atoms with Gasteiger partial charge in [-0.2, -0.15) is 4.39 Å². The second-order valence-electron chi connectivity index (χ2n) is 7.13. The minimum atomic E-state index is -0.249. The van der Waals surface area contributed by atoms with E-state index in [0.29, 0.717) is 34.7 Å². The third kappa shape index (κ3) is 3.87. The molecule has 2 heterocycles. The number of fused-ring (bicyclic) bond motifs is 3. The van der Waals surface area contributed by atoms with Gasteiger partial charge in [0.05, 0.1) is 23.1 Å². The maximum Gasteiger partial charge on any atom is 0.311 e. The van der Waals surface area contributed by atoms with E-state index in [4.69, 9.17) is 4.74 Å². The summed E-state index contributed by atoms with van der Waals surface area (Å²) in [6.07, 6.45) is 4.40. The van der Waals surface area contributed by atoms with Crippen molar-refractivity contribution in [3.63, 3.8) is 0 Å². The molecule has 3 aliphatic carbocycles. The summed E-state index contributed by atoms with van der Waals surface area (Å²) < 4.78 is 19.2. The Morgan fingerprint density at radius 1 is 1.30 bits per heavy atom. The van der Waals surface area contributed by atoms with Gasteiger partial charge in [-0.1, -0.05) is 0 Å². The third-order valence-electron chi connectivity index (χ3n) is 5.62. The Morgan fingerprint density at radius 3 is 2.70 bits per heavy atom. The fourth-order valence-corrected chi connectivity index (χ4v) is 5.55. The molecule has 2 aromatic rings. The fraction of sp³-hybridized carbons (Fsp3) is 0.526. The van der Waals surface area contributed by atoms with E-state index in [-0.39, 0.29) is 23.1 Å². The van der Waals surface area contributed by atoms with E-state index >= 15 is 0 Å². The molecule has 0 spiro atoms. The van der Waals surface area contributed by atoms with Gasteiger partial charge in [0.15, 0.2) is 9.86 Å². The van der Waals surface area contributed by atoms with Gasteiger partial charge in [0, 0.05) is 12.1 Å². The topological polar surface area (TPSA) is 64.1 Å². The summed E-state index contributed by atoms with van der Waals surface area (Å²) >= 11 is 4.40. The molecule has 0 unspecified atom stereocenters. The van der Waals surface area contributed by atoms with E-state index in [0.717, 1.165) is 41.9 Å². The molecule has 27 heavy (non-hydrogen) atoms. The third-order valence-corrected chi connectivity index (χ3v) is 6.87. The Balaban J connectivity index is 1.62. The molecule has 0 radical (unpaired) electrons. The molecular weight excluding hydrogens is 433 g/mol. The molecular formula is C19H21BrFN3O2S. The molecule has 8 heteroatoms. The summed E-state index contributed by atoms with van der Waals surface area (Å²) in [6.45, 7) is 2.24. The number of hydrogen-bond donors (Lipinski definition) is 1. The number of ether oxygens (including phenoxy) is 1. The highest BCUT2D eigenvalue weighted by Gasteiger charge is 2.48. The smallest absolute Gasteiger partial charge is 0.311 e. The number of esters is 1. The standard InChI is InChI=1S/C19H21BrFN3O2S/c1-2-26-18(25)16-10-3-5-11(6-4-10)17(16)23-15-9-12(22-19(20)24-15)13-7-8-14(21)27-13/h7-11,16-17H,2-6H2,1H3,(H,22,23,24)/t10?,11?,16-,17-/m0/s1. The second-order valence-corrected chi connectivity index (χ2v) is 8.88. The van der Waals surface area contributed by atoms with Gasteiger partial charge in [0.2, 0.25) is 0 Å². The molecule has 0 amide bonds. The van der Waals surface area contributed by atoms with E-state index in [1.165, 1.54) is 6.07 Å². The van der Waals surface area contributed by atoms with Crippen LogP contribution in [0.2, 0.25) is 0 Å². The van der Waals surface area contributed by atoms with Crippen molar-refractivity contribution in [2.75, 3.05) is 11.9 Å². The highest BCUT2D eigenvalue weighted by Crippen LogP contribution is 2.46. The zero-order valence-electron chi connectivity index (χ0n) is 15.0. The maximum absolute atomic E-state index is 13.4. The number of carbonyl (C=O) groups is 1. The predicted octanol–water partition coefficient (Wildman–Crippen LogP) is 4.89. The largest absolute Gasteiger partial charge is 0.466 e. The molecule has 3 fully saturated rings. The highest BCUT2D eigenvalue weighted by atomic mass is 79.9. The summed E-state index contributed by atoms with van der Waals surface area (Å²) in [5, 5.41) is 3.24. The van der Waals surface area contributed by atoms with Crippen molar-refractivity contribution in [1.82, 2.24) is 9.97 Å². The number of nitrogens with zero attached hydrogens (tertiary/aromatic N) is 2. The Hall–Kier alpha value is -1.54. The molecule has 3 aliphatic rings. The lowest BCUT2D eigenvalue weighted by atomic mass is 9.61. The zero-order valence-corrected chi connectivity index (χ0v) is 17.4. The van der Waals surface area contributed by atoms with Crippen LogP contribution in [0.5, 0.6) is 0 Å². The van der Waals surface area contributed by atoms with Gasteiger partial charge in [-0.15, -0.1) is 11.3 Å². The molecule has 5 nitrogen and oxygen atoms in total. The lowest BCUT2D eigenvalue weighted by Gasteiger charge is -2.47. The molecule has 3 saturated carbocycles. The molecule has 0 aromatic carbocycles. The second kappa shape index (κ2) is 7.83. The molecule has 2 atom stereocenters. The van der Waals surface area contributed by atoms with Crippen molar-refractivity contribution >= 4 is 39.1 Å². The summed E-state index contributed by atoms with van der Waals surface area (Å²) in [6, 6.07) is 4.97. The van der Waals surface area contributed by atoms with Gasteiger partial charge in [-0.25, -0.2) is 9.97 Å². The SMILES string of the molecule is CCOC(=O)[C@H]1C2CCC(CC2)[C@@H]1Nc1cc(-c2ccc(F)s2)nc(Br)n1. The van der Waals surface area contributed by atoms with Crippen molar-refractivity contribution in [2.45, 2.75) is 38.6 Å². The summed E-state index contributed by atoms with van der Waals surface area (Å²) in [5.74, 6) is 1.18. The van der Waals surface area contributed by atoms with Gasteiger partial charge in [-0.3, -0.25) is 4.79 Å². The van der Waals surface area contributed by atoms with Crippen LogP contribution in [0.1, 0.15) is 32.6 Å². The highest BCUT2D eigenvalue weighted by molar-refractivity contribution is 9.10. The quantitative estimate of drug-likeness (QED) is 0.515. The molecule has 0 saturated heterocycles. The van der Waals surface area contributed by atoms with Crippen molar-refractivity contribution in [2.24, 2.45) is 17.8 Å². The first-order valence-corrected chi connectivity index (χ1v) is 10.9. The Morgan fingerprint density at radius 2 is 2.04 bits per heavy atom. The molecule has 2 bridgehead atoms. The predicted molar refractivity (Wildman–Crippen MR) is 106 cm³/mol. The lowest BCUT2D eigenvalue weighted by Crippen LogP contribution is -2.52. The van der Waals surface area contributed by atoms with Crippen molar-refractivity contribution in [3.05, 3.63) is 28.1 Å². The molecule has 2 aromatic heterocycles. The van der Waals surface area contributed by atoms with Crippen LogP contribution < -0.4 is 5.32 Å². The van der Waals surface area contributed by atoms with Crippen molar-refractivity contribution < 1.29 is 13.9 Å². The zero-order chi connectivity index (χ0) is 19.0. The van der Waals surface area contributed by atoms with Gasteiger partial charge in [0.25, 0.3) is 0 Å². The van der Waals surface area contributed by atoms with Crippen LogP contribution in [0, 0.1) is 22.9 Å². The van der Waals surface area contributed by atoms with E-state index in [1.54, 1.807) is 6.07 Å². The average molecular weight is 454 g/mol. The van der Waals surface area contributed by atoms with Crippen LogP contribution in [0.3, 0.4) is 0 Å². The molecule has 1 N–H and O–H groups in total. The number of carbonyl (C=O) groups excluding carboxylic acids is 1. The van der Waals surface area contributed by atoms with Crippen molar-refractivity contribution in [3.8, 4) is 10.6 Å². The van der Waals surface area contributed by atoms with Crippen LogP contribution in [-0.2, 0) is 9.53 Å². The van der Waals surface area contributed by atoms with Crippen molar-refractivity contribution in [1.29, 1.82) is 0 Å². The number of halogens is 2. The average Bonchev–Trinajstić information content (AvgIpc) is 3.09. The van der Waals surface area contributed by atoms with Gasteiger partial charge in [0.1, 0.15) is 5.82 Å². The maximum atomic E-state index is 13.4. The minimum absolute atomic E-state index is 0.00581. The van der Waals surface area contributed by atoms with Crippen LogP contribution in [-0.4, -0.2) is 28.6 Å². The van der Waals surface area contributed by atoms with Crippen LogP contribution in [0.15, 0.2) is 22.9 Å². The Bertz CT molecular complexity index is 838. The van der Waals surface area contributed by atoms with Crippen LogP contribution >= 0.6 is 27.3 Å². The minimum Gasteiger partial charge on any atom is -0.466 e. The number of thiophene rings is 1. The lowest BCUT2D eigenvalue weighted by molar-refractivity contribution is -0.154. The van der Waals surface area contributed by atoms with Gasteiger partial charge < -0.3 is 10.1 Å². The number of rotatable bonds is 5. The normalized spacial score (nSPS) is 26.8. The van der Waals surface area contributed by atoms with E-state index in [9.17, 15) is 9.18 Å². The van der Waals surface area contributed by atoms with Crippen LogP contribution in [0.25, 0.3) is 10.6 Å². The first-order chi connectivity index (χ1) is 13.0. The van der Waals surface area contributed by atoms with Crippen LogP contribution in [0.4, 0.5) is 10.2 Å². The number of aromatic nitrogens is 2. The van der Waals surface area contributed by atoms with Gasteiger partial charge in [-0.05, 0) is 72.5 Å². The van der Waals surface area contributed by atoms with Gasteiger partial charge >= 0.3 is 5.97 Å². The monoisotopic (exact) mass is 453 g/mol. The Labute approximate surface area is 169 Å². The summed E-state index contributed by atoms with van der Waals surface area (Å²) in [4.78, 5) is 22.1. The summed E-state index contributed by atoms with van der Waals surface area (Å²) in [5.41, 5.74) is 0.655. The van der Waals surface area contributed by atoms with E-state index in [1.807, 2.05) is 13.0 Å². The number of anilines is 1. The molecule has 0 aliphatic heterocycles. The Kier molecular flexibility index (Phi) is 5.45. The number of hydrogen-bond acceptors (Lipinski definition) is 6.